The summed E-state index contributed by atoms with van der Waals surface area (Å²) in [4.78, 5) is 39.1. The molecule has 3 amide bonds. The molecule has 0 radical (unpaired) electrons. The normalized spacial score (nSPS) is 14.1. The number of amides is 3. The van der Waals surface area contributed by atoms with E-state index in [9.17, 15) is 14.4 Å². The molecule has 4 rings (SSSR count). The molecule has 11 heteroatoms. The summed E-state index contributed by atoms with van der Waals surface area (Å²) >= 11 is 10.3. The average molecular weight is 632 g/mol. The molecule has 1 saturated heterocycles. The summed E-state index contributed by atoms with van der Waals surface area (Å²) in [7, 11) is 1.54. The zero-order valence-corrected chi connectivity index (χ0v) is 24.2. The summed E-state index contributed by atoms with van der Waals surface area (Å²) in [5, 5.41) is 2.79. The lowest BCUT2D eigenvalue weighted by molar-refractivity contribution is -0.127. The minimum atomic E-state index is -0.549. The van der Waals surface area contributed by atoms with Crippen LogP contribution in [0.15, 0.2) is 70.0 Å². The zero-order chi connectivity index (χ0) is 27.9. The number of nitrogens with one attached hydrogen (secondary N) is 1. The van der Waals surface area contributed by atoms with E-state index in [1.54, 1.807) is 61.7 Å². The first-order chi connectivity index (χ1) is 18.8. The van der Waals surface area contributed by atoms with Crippen molar-refractivity contribution in [2.75, 3.05) is 25.6 Å². The Morgan fingerprint density at radius 1 is 1.08 bits per heavy atom. The molecule has 3 aromatic carbocycles. The van der Waals surface area contributed by atoms with Gasteiger partial charge in [-0.15, -0.1) is 0 Å². The highest BCUT2D eigenvalue weighted by Gasteiger charge is 2.36. The van der Waals surface area contributed by atoms with Crippen molar-refractivity contribution in [3.05, 3.63) is 86.2 Å². The fraction of sp³-hybridized carbons (Fsp3) is 0.179. The summed E-state index contributed by atoms with van der Waals surface area (Å²) in [5.74, 6) is 0.584. The molecule has 0 saturated carbocycles. The Morgan fingerprint density at radius 3 is 2.46 bits per heavy atom. The Bertz CT molecular complexity index is 1410. The van der Waals surface area contributed by atoms with E-state index in [1.807, 2.05) is 19.1 Å². The van der Waals surface area contributed by atoms with Crippen LogP contribution in [0.5, 0.6) is 17.2 Å². The fourth-order valence-electron chi connectivity index (χ4n) is 3.62. The predicted molar refractivity (Wildman–Crippen MR) is 155 cm³/mol. The van der Waals surface area contributed by atoms with E-state index in [4.69, 9.17) is 25.8 Å². The Morgan fingerprint density at radius 2 is 1.79 bits per heavy atom. The molecule has 0 atom stereocenters. The van der Waals surface area contributed by atoms with E-state index in [0.29, 0.717) is 51.2 Å². The van der Waals surface area contributed by atoms with Crippen molar-refractivity contribution in [2.24, 2.45) is 0 Å². The first-order valence-electron chi connectivity index (χ1n) is 11.8. The van der Waals surface area contributed by atoms with Crippen molar-refractivity contribution in [3.8, 4) is 17.2 Å². The van der Waals surface area contributed by atoms with E-state index < -0.39 is 23.6 Å². The molecule has 0 aliphatic carbocycles. The van der Waals surface area contributed by atoms with Gasteiger partial charge in [0.2, 0.25) is 5.91 Å². The number of methoxy groups -OCH3 is 1. The number of imide groups is 1. The Hall–Kier alpha value is -3.47. The third-order valence-electron chi connectivity index (χ3n) is 5.47. The number of rotatable bonds is 10. The lowest BCUT2D eigenvalue weighted by Gasteiger charge is -2.15. The maximum atomic E-state index is 13.0. The van der Waals surface area contributed by atoms with Crippen molar-refractivity contribution in [3.63, 3.8) is 0 Å². The molecular formula is C28H24BrClN2O6S. The summed E-state index contributed by atoms with van der Waals surface area (Å²) in [6.07, 6.45) is 1.59. The number of hydrogen-bond acceptors (Lipinski definition) is 7. The zero-order valence-electron chi connectivity index (χ0n) is 21.0. The van der Waals surface area contributed by atoms with Crippen molar-refractivity contribution in [1.29, 1.82) is 0 Å². The number of carbonyl (C=O) groups excluding carboxylic acids is 3. The van der Waals surface area contributed by atoms with Gasteiger partial charge in [0, 0.05) is 10.7 Å². The first-order valence-corrected chi connectivity index (χ1v) is 13.8. The molecule has 3 aromatic rings. The molecular weight excluding hydrogens is 608 g/mol. The number of ether oxygens (including phenoxy) is 3. The van der Waals surface area contributed by atoms with Crippen LogP contribution < -0.4 is 19.5 Å². The molecule has 0 aromatic heterocycles. The van der Waals surface area contributed by atoms with Crippen molar-refractivity contribution >= 4 is 68.1 Å². The molecule has 0 spiro atoms. The van der Waals surface area contributed by atoms with Crippen LogP contribution in [0.3, 0.4) is 0 Å². The number of anilines is 1. The second-order valence-corrected chi connectivity index (χ2v) is 10.5. The van der Waals surface area contributed by atoms with E-state index in [-0.39, 0.29) is 4.91 Å². The molecule has 1 fully saturated rings. The third kappa shape index (κ3) is 7.35. The highest BCUT2D eigenvalue weighted by Crippen LogP contribution is 2.39. The molecule has 1 aliphatic heterocycles. The van der Waals surface area contributed by atoms with Gasteiger partial charge in [-0.3, -0.25) is 19.3 Å². The van der Waals surface area contributed by atoms with Crippen LogP contribution >= 0.6 is 39.3 Å². The van der Waals surface area contributed by atoms with Crippen molar-refractivity contribution in [1.82, 2.24) is 4.90 Å². The van der Waals surface area contributed by atoms with Crippen LogP contribution in [0.2, 0.25) is 5.02 Å². The molecule has 1 heterocycles. The van der Waals surface area contributed by atoms with Crippen LogP contribution in [-0.2, 0) is 16.2 Å². The third-order valence-corrected chi connectivity index (χ3v) is 7.22. The largest absolute Gasteiger partial charge is 0.497 e. The molecule has 1 N–H and O–H groups in total. The smallest absolute Gasteiger partial charge is 0.294 e. The van der Waals surface area contributed by atoms with E-state index in [2.05, 4.69) is 21.2 Å². The number of halogens is 2. The summed E-state index contributed by atoms with van der Waals surface area (Å²) < 4.78 is 17.5. The lowest BCUT2D eigenvalue weighted by Crippen LogP contribution is -2.36. The summed E-state index contributed by atoms with van der Waals surface area (Å²) in [5.41, 5.74) is 2.08. The van der Waals surface area contributed by atoms with Crippen molar-refractivity contribution in [2.45, 2.75) is 13.5 Å². The number of benzene rings is 3. The van der Waals surface area contributed by atoms with Gasteiger partial charge >= 0.3 is 0 Å². The second-order valence-electron chi connectivity index (χ2n) is 8.22. The van der Waals surface area contributed by atoms with Gasteiger partial charge in [-0.05, 0) is 100 Å². The Balaban J connectivity index is 1.46. The van der Waals surface area contributed by atoms with Gasteiger partial charge in [0.15, 0.2) is 11.5 Å². The van der Waals surface area contributed by atoms with Gasteiger partial charge in [-0.1, -0.05) is 23.7 Å². The number of hydrogen-bond donors (Lipinski definition) is 1. The monoisotopic (exact) mass is 630 g/mol. The highest BCUT2D eigenvalue weighted by molar-refractivity contribution is 9.10. The predicted octanol–water partition coefficient (Wildman–Crippen LogP) is 6.76. The quantitative estimate of drug-likeness (QED) is 0.247. The number of thioether (sulfide) groups is 1. The average Bonchev–Trinajstić information content (AvgIpc) is 3.17. The topological polar surface area (TPSA) is 94.2 Å². The summed E-state index contributed by atoms with van der Waals surface area (Å²) in [6, 6.07) is 17.6. The molecule has 1 aliphatic rings. The molecule has 0 unspecified atom stereocenters. The van der Waals surface area contributed by atoms with Gasteiger partial charge in [0.05, 0.1) is 23.1 Å². The maximum Gasteiger partial charge on any atom is 0.294 e. The highest BCUT2D eigenvalue weighted by atomic mass is 79.9. The number of carbonyl (C=O) groups is 3. The van der Waals surface area contributed by atoms with Crippen LogP contribution in [0, 0.1) is 0 Å². The van der Waals surface area contributed by atoms with Gasteiger partial charge in [0.25, 0.3) is 11.1 Å². The molecule has 202 valence electrons. The molecule has 0 bridgehead atoms. The van der Waals surface area contributed by atoms with E-state index in [0.717, 1.165) is 22.2 Å². The number of nitrogens with zero attached hydrogens (tertiary/aromatic N) is 1. The fourth-order valence-corrected chi connectivity index (χ4v) is 5.16. The van der Waals surface area contributed by atoms with Gasteiger partial charge in [-0.25, -0.2) is 0 Å². The molecule has 39 heavy (non-hydrogen) atoms. The van der Waals surface area contributed by atoms with Gasteiger partial charge in [0.1, 0.15) is 18.9 Å². The van der Waals surface area contributed by atoms with Crippen molar-refractivity contribution < 1.29 is 28.6 Å². The van der Waals surface area contributed by atoms with Gasteiger partial charge in [-0.2, -0.15) is 0 Å². The van der Waals surface area contributed by atoms with E-state index >= 15 is 0 Å². The molecule has 8 nitrogen and oxygen atoms in total. The lowest BCUT2D eigenvalue weighted by atomic mass is 10.1. The minimum absolute atomic E-state index is 0.196. The first kappa shape index (κ1) is 28.5. The van der Waals surface area contributed by atoms with Crippen LogP contribution in [-0.4, -0.2) is 42.2 Å². The maximum absolute atomic E-state index is 13.0. The standard InChI is InChI=1S/C28H24BrClN2O6S/c1-3-37-23-13-18(12-22(29)26(23)38-16-17-4-6-19(30)7-5-17)14-24-27(34)32(28(35)39-24)15-25(33)31-20-8-10-21(36-2)11-9-20/h4-14H,3,15-16H2,1-2H3,(H,31,33)/b24-14+. The Kier molecular flexibility index (Phi) is 9.55. The van der Waals surface area contributed by atoms with Crippen LogP contribution in [0.1, 0.15) is 18.1 Å². The van der Waals surface area contributed by atoms with Crippen LogP contribution in [0.25, 0.3) is 6.08 Å². The summed E-state index contributed by atoms with van der Waals surface area (Å²) in [6.45, 7) is 2.14. The van der Waals surface area contributed by atoms with Gasteiger partial charge < -0.3 is 19.5 Å². The SMILES string of the molecule is CCOc1cc(/C=C2/SC(=O)N(CC(=O)Nc3ccc(OC)cc3)C2=O)cc(Br)c1OCc1ccc(Cl)cc1. The van der Waals surface area contributed by atoms with E-state index in [1.165, 1.54) is 0 Å². The Labute approximate surface area is 243 Å². The second kappa shape index (κ2) is 13.1. The van der Waals surface area contributed by atoms with Crippen LogP contribution in [0.4, 0.5) is 10.5 Å². The minimum Gasteiger partial charge on any atom is -0.497 e.